The summed E-state index contributed by atoms with van der Waals surface area (Å²) in [5.41, 5.74) is 1.14. The molecule has 2 rings (SSSR count). The number of carbonyl (C=O) groups excluding carboxylic acids is 1. The van der Waals surface area contributed by atoms with Gasteiger partial charge in [-0.3, -0.25) is 4.79 Å². The number of imidazole rings is 1. The zero-order valence-corrected chi connectivity index (χ0v) is 5.81. The highest BCUT2D eigenvalue weighted by Crippen LogP contribution is 2.07. The Bertz CT molecular complexity index is 401. The van der Waals surface area contributed by atoms with Crippen molar-refractivity contribution >= 4 is 12.1 Å². The molecule has 2 aromatic rings. The van der Waals surface area contributed by atoms with E-state index in [0.29, 0.717) is 17.2 Å². The highest BCUT2D eigenvalue weighted by molar-refractivity contribution is 5.75. The molecule has 0 aromatic carbocycles. The lowest BCUT2D eigenvalue weighted by molar-refractivity contribution is 0.111. The van der Waals surface area contributed by atoms with Gasteiger partial charge < -0.3 is 4.52 Å². The monoisotopic (exact) mass is 151 g/mol. The first-order valence-corrected chi connectivity index (χ1v) is 3.07. The molecule has 2 aromatic heterocycles. The molecule has 2 heterocycles. The highest BCUT2D eigenvalue weighted by atomic mass is 16.5. The molecular weight excluding hydrogens is 146 g/mol. The van der Waals surface area contributed by atoms with Crippen LogP contribution in [0.3, 0.4) is 0 Å². The minimum Gasteiger partial charge on any atom is -0.315 e. The third kappa shape index (κ3) is 0.674. The van der Waals surface area contributed by atoms with Crippen LogP contribution < -0.4 is 0 Å². The van der Waals surface area contributed by atoms with E-state index in [9.17, 15) is 4.79 Å². The van der Waals surface area contributed by atoms with Gasteiger partial charge >= 0.3 is 5.84 Å². The van der Waals surface area contributed by atoms with Crippen LogP contribution in [0.5, 0.6) is 0 Å². The summed E-state index contributed by atoms with van der Waals surface area (Å²) in [7, 11) is 0. The van der Waals surface area contributed by atoms with Crippen LogP contribution in [0.15, 0.2) is 10.9 Å². The lowest BCUT2D eigenvalue weighted by Gasteiger charge is -1.82. The average Bonchev–Trinajstić information content (AvgIpc) is 2.46. The van der Waals surface area contributed by atoms with Crippen molar-refractivity contribution in [2.45, 2.75) is 6.92 Å². The van der Waals surface area contributed by atoms with Crippen molar-refractivity contribution in [1.82, 2.24) is 14.5 Å². The van der Waals surface area contributed by atoms with Crippen molar-refractivity contribution < 1.29 is 9.32 Å². The van der Waals surface area contributed by atoms with E-state index in [2.05, 4.69) is 10.1 Å². The van der Waals surface area contributed by atoms with Crippen LogP contribution in [-0.4, -0.2) is 20.8 Å². The van der Waals surface area contributed by atoms with E-state index in [4.69, 9.17) is 4.52 Å². The molecule has 0 unspecified atom stereocenters. The van der Waals surface area contributed by atoms with Gasteiger partial charge in [0.1, 0.15) is 12.0 Å². The molecule has 11 heavy (non-hydrogen) atoms. The number of hydrogen-bond donors (Lipinski definition) is 0. The molecule has 0 spiro atoms. The molecule has 0 aliphatic heterocycles. The highest BCUT2D eigenvalue weighted by Gasteiger charge is 2.09. The predicted octanol–water partition coefficient (Wildman–Crippen LogP) is 0.443. The summed E-state index contributed by atoms with van der Waals surface area (Å²) in [5, 5.41) is 3.48. The second-order valence-electron chi connectivity index (χ2n) is 2.17. The van der Waals surface area contributed by atoms with E-state index in [1.54, 1.807) is 6.92 Å². The second kappa shape index (κ2) is 1.91. The fraction of sp³-hybridized carbons (Fsp3) is 0.167. The third-order valence-corrected chi connectivity index (χ3v) is 1.51. The number of aryl methyl sites for hydroxylation is 1. The smallest absolute Gasteiger partial charge is 0.315 e. The molecular formula is C6H5N3O2. The molecule has 0 aliphatic rings. The number of hydrogen-bond acceptors (Lipinski definition) is 4. The van der Waals surface area contributed by atoms with Gasteiger partial charge in [-0.1, -0.05) is 5.16 Å². The fourth-order valence-electron chi connectivity index (χ4n) is 0.968. The van der Waals surface area contributed by atoms with Gasteiger partial charge in [0.2, 0.25) is 0 Å². The standard InChI is InChI=1S/C6H5N3O2/c1-4-5(2-10)9-3-7-11-6(9)8-4/h2-3H,1H3. The van der Waals surface area contributed by atoms with Crippen LogP contribution in [0.1, 0.15) is 16.2 Å². The zero-order valence-electron chi connectivity index (χ0n) is 5.81. The molecule has 0 saturated carbocycles. The lowest BCUT2D eigenvalue weighted by atomic mass is 10.4. The SMILES string of the molecule is Cc1nc2oncn2c1C=O. The summed E-state index contributed by atoms with van der Waals surface area (Å²) < 4.78 is 6.23. The van der Waals surface area contributed by atoms with E-state index in [1.165, 1.54) is 10.7 Å². The number of fused-ring (bicyclic) bond motifs is 1. The molecule has 0 bridgehead atoms. The summed E-state index contributed by atoms with van der Waals surface area (Å²) >= 11 is 0. The van der Waals surface area contributed by atoms with E-state index in [-0.39, 0.29) is 0 Å². The second-order valence-corrected chi connectivity index (χ2v) is 2.17. The van der Waals surface area contributed by atoms with E-state index < -0.39 is 0 Å². The maximum absolute atomic E-state index is 10.5. The zero-order chi connectivity index (χ0) is 7.84. The van der Waals surface area contributed by atoms with Crippen LogP contribution in [0.2, 0.25) is 0 Å². The summed E-state index contributed by atoms with van der Waals surface area (Å²) in [6.07, 6.45) is 2.14. The third-order valence-electron chi connectivity index (χ3n) is 1.51. The van der Waals surface area contributed by atoms with E-state index in [0.717, 1.165) is 6.29 Å². The Kier molecular flexibility index (Phi) is 1.06. The van der Waals surface area contributed by atoms with Crippen molar-refractivity contribution in [3.8, 4) is 0 Å². The van der Waals surface area contributed by atoms with Crippen molar-refractivity contribution in [2.24, 2.45) is 0 Å². The Morgan fingerprint density at radius 1 is 1.73 bits per heavy atom. The van der Waals surface area contributed by atoms with Gasteiger partial charge in [-0.2, -0.15) is 4.98 Å². The first-order valence-electron chi connectivity index (χ1n) is 3.07. The van der Waals surface area contributed by atoms with Crippen molar-refractivity contribution in [3.63, 3.8) is 0 Å². The Morgan fingerprint density at radius 2 is 2.55 bits per heavy atom. The average molecular weight is 151 g/mol. The van der Waals surface area contributed by atoms with E-state index in [1.807, 2.05) is 0 Å². The van der Waals surface area contributed by atoms with Crippen LogP contribution in [0, 0.1) is 6.92 Å². The lowest BCUT2D eigenvalue weighted by Crippen LogP contribution is -1.88. The summed E-state index contributed by atoms with van der Waals surface area (Å²) in [6.45, 7) is 1.74. The fourth-order valence-corrected chi connectivity index (χ4v) is 0.968. The first-order chi connectivity index (χ1) is 5.33. The maximum atomic E-state index is 10.5. The Morgan fingerprint density at radius 3 is 3.27 bits per heavy atom. The van der Waals surface area contributed by atoms with Crippen LogP contribution in [0.4, 0.5) is 0 Å². The predicted molar refractivity (Wildman–Crippen MR) is 35.4 cm³/mol. The normalized spacial score (nSPS) is 10.6. The van der Waals surface area contributed by atoms with Gasteiger partial charge in [-0.25, -0.2) is 4.40 Å². The largest absolute Gasteiger partial charge is 0.332 e. The minimum absolute atomic E-state index is 0.351. The first kappa shape index (κ1) is 6.09. The van der Waals surface area contributed by atoms with E-state index >= 15 is 0 Å². The van der Waals surface area contributed by atoms with Gasteiger partial charge in [0.05, 0.1) is 5.69 Å². The van der Waals surface area contributed by atoms with Crippen LogP contribution in [0.25, 0.3) is 5.84 Å². The van der Waals surface area contributed by atoms with Crippen LogP contribution >= 0.6 is 0 Å². The van der Waals surface area contributed by atoms with Gasteiger partial charge in [0.15, 0.2) is 6.29 Å². The Hall–Kier alpha value is -1.65. The number of carbonyl (C=O) groups is 1. The van der Waals surface area contributed by atoms with Gasteiger partial charge in [0, 0.05) is 0 Å². The number of aromatic nitrogens is 3. The molecule has 5 nitrogen and oxygen atoms in total. The molecule has 0 saturated heterocycles. The molecule has 0 atom stereocenters. The van der Waals surface area contributed by atoms with Gasteiger partial charge in [-0.15, -0.1) is 0 Å². The molecule has 56 valence electrons. The number of aldehydes is 1. The number of nitrogens with zero attached hydrogens (tertiary/aromatic N) is 3. The summed E-state index contributed by atoms with van der Waals surface area (Å²) in [5.74, 6) is 0.351. The van der Waals surface area contributed by atoms with Crippen LogP contribution in [-0.2, 0) is 0 Å². The van der Waals surface area contributed by atoms with Gasteiger partial charge in [0.25, 0.3) is 0 Å². The Balaban J connectivity index is 2.90. The molecule has 5 heteroatoms. The quantitative estimate of drug-likeness (QED) is 0.555. The Labute approximate surface area is 61.6 Å². The molecule has 0 amide bonds. The molecule has 0 aliphatic carbocycles. The summed E-state index contributed by atoms with van der Waals surface area (Å²) in [4.78, 5) is 14.4. The molecule has 0 N–H and O–H groups in total. The van der Waals surface area contributed by atoms with Crippen molar-refractivity contribution in [2.75, 3.05) is 0 Å². The van der Waals surface area contributed by atoms with Gasteiger partial charge in [-0.05, 0) is 6.92 Å². The maximum Gasteiger partial charge on any atom is 0.332 e. The topological polar surface area (TPSA) is 60.4 Å². The minimum atomic E-state index is 0.351. The van der Waals surface area contributed by atoms with Crippen molar-refractivity contribution in [3.05, 3.63) is 17.7 Å². The molecule has 0 fully saturated rings. The molecule has 0 radical (unpaired) electrons. The number of rotatable bonds is 1. The summed E-state index contributed by atoms with van der Waals surface area (Å²) in [6, 6.07) is 0. The van der Waals surface area contributed by atoms with Crippen molar-refractivity contribution in [1.29, 1.82) is 0 Å².